The van der Waals surface area contributed by atoms with E-state index >= 15 is 0 Å². The molecule has 0 bridgehead atoms. The molecule has 3 aromatic carbocycles. The predicted molar refractivity (Wildman–Crippen MR) is 129 cm³/mol. The molecule has 34 heavy (non-hydrogen) atoms. The average Bonchev–Trinajstić information content (AvgIpc) is 3.01. The van der Waals surface area contributed by atoms with Gasteiger partial charge in [-0.1, -0.05) is 75.4 Å². The van der Waals surface area contributed by atoms with E-state index in [0.29, 0.717) is 22.4 Å². The monoisotopic (exact) mass is 458 g/mol. The number of non-ortho nitro benzene ring substituents is 1. The summed E-state index contributed by atoms with van der Waals surface area (Å²) in [6.07, 6.45) is -0.380. The van der Waals surface area contributed by atoms with Crippen molar-refractivity contribution in [3.63, 3.8) is 0 Å². The van der Waals surface area contributed by atoms with Crippen LogP contribution in [0.3, 0.4) is 0 Å². The van der Waals surface area contributed by atoms with E-state index in [4.69, 9.17) is 0 Å². The SMILES string of the molecule is CC(C)(C)c1ccc(C(=O)CC2(O)C(=O)N(Cc3ccc([N+](=O)[O-])cc3)c3ccccc32)cc1. The minimum Gasteiger partial charge on any atom is -0.375 e. The van der Waals surface area contributed by atoms with E-state index < -0.39 is 16.4 Å². The highest BCUT2D eigenvalue weighted by atomic mass is 16.6. The van der Waals surface area contributed by atoms with E-state index in [1.54, 1.807) is 48.5 Å². The summed E-state index contributed by atoms with van der Waals surface area (Å²) < 4.78 is 0. The number of hydrogen-bond acceptors (Lipinski definition) is 5. The second-order valence-electron chi connectivity index (χ2n) is 9.62. The van der Waals surface area contributed by atoms with E-state index in [9.17, 15) is 24.8 Å². The van der Waals surface area contributed by atoms with Gasteiger partial charge in [0.05, 0.1) is 23.6 Å². The number of amides is 1. The molecule has 4 rings (SSSR count). The summed E-state index contributed by atoms with van der Waals surface area (Å²) in [5.74, 6) is -0.921. The quantitative estimate of drug-likeness (QED) is 0.322. The summed E-state index contributed by atoms with van der Waals surface area (Å²) in [6, 6.07) is 20.0. The lowest BCUT2D eigenvalue weighted by Crippen LogP contribution is -2.41. The topological polar surface area (TPSA) is 101 Å². The molecule has 0 radical (unpaired) electrons. The third-order valence-corrected chi connectivity index (χ3v) is 6.22. The Morgan fingerprint density at radius 1 is 1.00 bits per heavy atom. The van der Waals surface area contributed by atoms with Gasteiger partial charge in [0.2, 0.25) is 0 Å². The number of nitro groups is 1. The molecule has 7 nitrogen and oxygen atoms in total. The van der Waals surface area contributed by atoms with Crippen LogP contribution in [0.2, 0.25) is 0 Å². The summed E-state index contributed by atoms with van der Waals surface area (Å²) in [4.78, 5) is 38.4. The van der Waals surface area contributed by atoms with Gasteiger partial charge in [0.25, 0.3) is 11.6 Å². The van der Waals surface area contributed by atoms with Crippen LogP contribution in [-0.4, -0.2) is 21.7 Å². The fourth-order valence-corrected chi connectivity index (χ4v) is 4.23. The van der Waals surface area contributed by atoms with Crippen molar-refractivity contribution in [3.8, 4) is 0 Å². The fourth-order valence-electron chi connectivity index (χ4n) is 4.23. The Morgan fingerprint density at radius 3 is 2.21 bits per heavy atom. The van der Waals surface area contributed by atoms with Crippen molar-refractivity contribution in [3.05, 3.63) is 105 Å². The van der Waals surface area contributed by atoms with Gasteiger partial charge in [-0.15, -0.1) is 0 Å². The molecule has 1 amide bonds. The van der Waals surface area contributed by atoms with Gasteiger partial charge < -0.3 is 10.0 Å². The third-order valence-electron chi connectivity index (χ3n) is 6.22. The van der Waals surface area contributed by atoms with Gasteiger partial charge in [-0.05, 0) is 22.6 Å². The van der Waals surface area contributed by atoms with Crippen LogP contribution >= 0.6 is 0 Å². The second kappa shape index (κ2) is 8.50. The van der Waals surface area contributed by atoms with Crippen LogP contribution in [0, 0.1) is 10.1 Å². The molecule has 1 unspecified atom stereocenters. The highest BCUT2D eigenvalue weighted by molar-refractivity contribution is 6.10. The maximum Gasteiger partial charge on any atom is 0.269 e. The number of Topliss-reactive ketones (excluding diaryl/α,β-unsaturated/α-hetero) is 1. The Bertz CT molecular complexity index is 1260. The lowest BCUT2D eigenvalue weighted by molar-refractivity contribution is -0.384. The Balaban J connectivity index is 1.61. The normalized spacial score (nSPS) is 17.5. The molecule has 3 aromatic rings. The lowest BCUT2D eigenvalue weighted by Gasteiger charge is -2.23. The maximum absolute atomic E-state index is 13.4. The largest absolute Gasteiger partial charge is 0.375 e. The first-order valence-electron chi connectivity index (χ1n) is 11.0. The maximum atomic E-state index is 13.4. The Morgan fingerprint density at radius 2 is 1.62 bits per heavy atom. The summed E-state index contributed by atoms with van der Waals surface area (Å²) >= 11 is 0. The molecule has 174 valence electrons. The highest BCUT2D eigenvalue weighted by Crippen LogP contribution is 2.43. The first kappa shape index (κ1) is 23.3. The Hall–Kier alpha value is -3.84. The number of aliphatic hydroxyl groups is 1. The molecule has 1 atom stereocenters. The van der Waals surface area contributed by atoms with E-state index in [1.165, 1.54) is 17.0 Å². The zero-order valence-corrected chi connectivity index (χ0v) is 19.3. The van der Waals surface area contributed by atoms with Crippen molar-refractivity contribution in [2.75, 3.05) is 4.90 Å². The molecule has 1 aliphatic rings. The molecule has 7 heteroatoms. The Kier molecular flexibility index (Phi) is 5.83. The first-order valence-corrected chi connectivity index (χ1v) is 11.0. The summed E-state index contributed by atoms with van der Waals surface area (Å²) in [5, 5.41) is 22.4. The van der Waals surface area contributed by atoms with Crippen molar-refractivity contribution >= 4 is 23.1 Å². The van der Waals surface area contributed by atoms with Gasteiger partial charge in [0, 0.05) is 23.3 Å². The van der Waals surface area contributed by atoms with Gasteiger partial charge in [-0.3, -0.25) is 19.7 Å². The van der Waals surface area contributed by atoms with Crippen LogP contribution in [0.5, 0.6) is 0 Å². The number of hydrogen-bond donors (Lipinski definition) is 1. The minimum atomic E-state index is -1.99. The third kappa shape index (κ3) is 4.22. The molecule has 0 saturated heterocycles. The number of ketones is 1. The fraction of sp³-hybridized carbons (Fsp3) is 0.259. The van der Waals surface area contributed by atoms with Gasteiger partial charge in [-0.25, -0.2) is 0 Å². The van der Waals surface area contributed by atoms with Crippen molar-refractivity contribution < 1.29 is 19.6 Å². The van der Waals surface area contributed by atoms with Crippen molar-refractivity contribution in [1.29, 1.82) is 0 Å². The molecule has 0 spiro atoms. The molecule has 0 aromatic heterocycles. The van der Waals surface area contributed by atoms with E-state index in [1.807, 2.05) is 12.1 Å². The highest BCUT2D eigenvalue weighted by Gasteiger charge is 2.50. The smallest absolute Gasteiger partial charge is 0.269 e. The summed E-state index contributed by atoms with van der Waals surface area (Å²) in [5.41, 5.74) is 0.986. The summed E-state index contributed by atoms with van der Waals surface area (Å²) in [7, 11) is 0. The zero-order valence-electron chi connectivity index (χ0n) is 19.3. The standard InChI is InChI=1S/C27H26N2O5/c1-26(2,3)20-12-10-19(11-13-20)24(30)16-27(32)22-6-4-5-7-23(22)28(25(27)31)17-18-8-14-21(15-9-18)29(33)34/h4-15,32H,16-17H2,1-3H3. The van der Waals surface area contributed by atoms with E-state index in [-0.39, 0.29) is 29.9 Å². The second-order valence-corrected chi connectivity index (χ2v) is 9.62. The first-order chi connectivity index (χ1) is 16.0. The van der Waals surface area contributed by atoms with E-state index in [0.717, 1.165) is 5.56 Å². The van der Waals surface area contributed by atoms with Crippen molar-refractivity contribution in [1.82, 2.24) is 0 Å². The number of nitrogens with zero attached hydrogens (tertiary/aromatic N) is 2. The number of benzene rings is 3. The predicted octanol–water partition coefficient (Wildman–Crippen LogP) is 4.90. The van der Waals surface area contributed by atoms with Crippen molar-refractivity contribution in [2.24, 2.45) is 0 Å². The van der Waals surface area contributed by atoms with Gasteiger partial charge in [0.15, 0.2) is 11.4 Å². The molecule has 1 aliphatic heterocycles. The molecular formula is C27H26N2O5. The van der Waals surface area contributed by atoms with Gasteiger partial charge >= 0.3 is 0 Å². The van der Waals surface area contributed by atoms with Gasteiger partial charge in [0.1, 0.15) is 0 Å². The van der Waals surface area contributed by atoms with Crippen LogP contribution in [0.1, 0.15) is 54.2 Å². The molecule has 0 saturated carbocycles. The van der Waals surface area contributed by atoms with Crippen LogP contribution < -0.4 is 4.90 Å². The molecule has 1 N–H and O–H groups in total. The van der Waals surface area contributed by atoms with Crippen LogP contribution in [0.15, 0.2) is 72.8 Å². The lowest BCUT2D eigenvalue weighted by atomic mass is 9.85. The molecule has 0 aliphatic carbocycles. The number of carbonyl (C=O) groups excluding carboxylic acids is 2. The Labute approximate surface area is 197 Å². The summed E-state index contributed by atoms with van der Waals surface area (Å²) in [6.45, 7) is 6.37. The zero-order chi connectivity index (χ0) is 24.7. The molecule has 0 fully saturated rings. The number of para-hydroxylation sites is 1. The molecular weight excluding hydrogens is 432 g/mol. The minimum absolute atomic E-state index is 0.0449. The number of rotatable bonds is 6. The van der Waals surface area contributed by atoms with Crippen LogP contribution in [0.25, 0.3) is 0 Å². The average molecular weight is 459 g/mol. The van der Waals surface area contributed by atoms with Crippen LogP contribution in [-0.2, 0) is 22.4 Å². The molecule has 1 heterocycles. The van der Waals surface area contributed by atoms with Gasteiger partial charge in [-0.2, -0.15) is 0 Å². The number of anilines is 1. The number of nitro benzene ring substituents is 1. The van der Waals surface area contributed by atoms with Crippen molar-refractivity contribution in [2.45, 2.75) is 44.8 Å². The van der Waals surface area contributed by atoms with Crippen LogP contribution in [0.4, 0.5) is 11.4 Å². The number of fused-ring (bicyclic) bond motifs is 1. The number of carbonyl (C=O) groups is 2. The van der Waals surface area contributed by atoms with E-state index in [2.05, 4.69) is 20.8 Å².